The molecule has 0 saturated carbocycles. The largest absolute Gasteiger partial charge is 0.418 e. The van der Waals surface area contributed by atoms with Crippen LogP contribution in [0.2, 0.25) is 0 Å². The molecule has 1 aromatic heterocycles. The van der Waals surface area contributed by atoms with E-state index in [-0.39, 0.29) is 26.5 Å². The molecule has 130 valence electrons. The van der Waals surface area contributed by atoms with E-state index in [9.17, 15) is 26.3 Å². The first-order chi connectivity index (χ1) is 11.6. The van der Waals surface area contributed by atoms with Crippen molar-refractivity contribution in [1.82, 2.24) is 4.98 Å². The molecule has 25 heavy (non-hydrogen) atoms. The molecule has 0 unspecified atom stereocenters. The molecule has 0 saturated heterocycles. The highest BCUT2D eigenvalue weighted by Crippen LogP contribution is 2.42. The third kappa shape index (κ3) is 3.22. The van der Waals surface area contributed by atoms with Gasteiger partial charge in [-0.1, -0.05) is 30.3 Å². The highest BCUT2D eigenvalue weighted by atomic mass is 79.9. The lowest BCUT2D eigenvalue weighted by molar-refractivity contribution is -0.137. The van der Waals surface area contributed by atoms with Gasteiger partial charge in [0.2, 0.25) is 0 Å². The predicted octanol–water partition coefficient (Wildman–Crippen LogP) is 6.70. The van der Waals surface area contributed by atoms with Crippen LogP contribution in [-0.4, -0.2) is 4.98 Å². The van der Waals surface area contributed by atoms with E-state index in [0.29, 0.717) is 0 Å². The summed E-state index contributed by atoms with van der Waals surface area (Å²) in [5.41, 5.74) is -2.24. The molecule has 1 nitrogen and oxygen atoms in total. The summed E-state index contributed by atoms with van der Waals surface area (Å²) in [6.07, 6.45) is -8.19. The fraction of sp³-hybridized carbons (Fsp3) is 0.118. The van der Waals surface area contributed by atoms with Crippen molar-refractivity contribution in [2.45, 2.75) is 12.4 Å². The summed E-state index contributed by atoms with van der Waals surface area (Å²) in [5, 5.41) is 0.0873. The van der Waals surface area contributed by atoms with E-state index in [1.165, 1.54) is 30.3 Å². The van der Waals surface area contributed by atoms with Gasteiger partial charge in [-0.2, -0.15) is 26.3 Å². The van der Waals surface area contributed by atoms with Gasteiger partial charge in [-0.3, -0.25) is 4.98 Å². The van der Waals surface area contributed by atoms with Crippen LogP contribution in [0.3, 0.4) is 0 Å². The van der Waals surface area contributed by atoms with Crippen LogP contribution in [0, 0.1) is 0 Å². The summed E-state index contributed by atoms with van der Waals surface area (Å²) in [6.45, 7) is 0. The van der Waals surface area contributed by atoms with E-state index < -0.39 is 23.5 Å². The molecular formula is C17H8BrF6N. The lowest BCUT2D eigenvalue weighted by atomic mass is 9.98. The first-order valence-corrected chi connectivity index (χ1v) is 7.71. The molecule has 0 aliphatic heterocycles. The van der Waals surface area contributed by atoms with Crippen LogP contribution >= 0.6 is 15.9 Å². The Morgan fingerprint density at radius 2 is 1.32 bits per heavy atom. The maximum atomic E-state index is 13.2. The Balaban J connectivity index is 2.30. The summed E-state index contributed by atoms with van der Waals surface area (Å²) in [6, 6.07) is 8.29. The van der Waals surface area contributed by atoms with Crippen molar-refractivity contribution >= 4 is 26.8 Å². The van der Waals surface area contributed by atoms with Crippen LogP contribution in [0.4, 0.5) is 26.3 Å². The molecule has 3 rings (SSSR count). The summed E-state index contributed by atoms with van der Waals surface area (Å²) in [7, 11) is 0. The van der Waals surface area contributed by atoms with Crippen molar-refractivity contribution < 1.29 is 26.3 Å². The third-order valence-electron chi connectivity index (χ3n) is 3.66. The number of aromatic nitrogens is 1. The smallest absolute Gasteiger partial charge is 0.255 e. The predicted molar refractivity (Wildman–Crippen MR) is 84.9 cm³/mol. The standard InChI is InChI=1S/C17H8BrF6N/c18-14-10-5-3-7-13(17(22,23)24)15(10)25-8-11(14)9-4-1-2-6-12(9)16(19,20)21/h1-8H. The molecule has 0 radical (unpaired) electrons. The van der Waals surface area contributed by atoms with Crippen molar-refractivity contribution in [2.75, 3.05) is 0 Å². The van der Waals surface area contributed by atoms with Crippen LogP contribution in [0.15, 0.2) is 53.1 Å². The van der Waals surface area contributed by atoms with Crippen LogP contribution in [-0.2, 0) is 12.4 Å². The molecule has 0 amide bonds. The molecule has 0 spiro atoms. The quantitative estimate of drug-likeness (QED) is 0.399. The second-order valence-electron chi connectivity index (χ2n) is 5.23. The fourth-order valence-electron chi connectivity index (χ4n) is 2.57. The summed E-state index contributed by atoms with van der Waals surface area (Å²) in [5.74, 6) is 0. The molecular weight excluding hydrogens is 412 g/mol. The molecule has 0 atom stereocenters. The average Bonchev–Trinajstić information content (AvgIpc) is 2.53. The molecule has 0 fully saturated rings. The minimum atomic E-state index is -4.61. The number of alkyl halides is 6. The van der Waals surface area contributed by atoms with Gasteiger partial charge in [-0.15, -0.1) is 0 Å². The second-order valence-corrected chi connectivity index (χ2v) is 6.02. The number of pyridine rings is 1. The van der Waals surface area contributed by atoms with Gasteiger partial charge in [0, 0.05) is 21.6 Å². The van der Waals surface area contributed by atoms with Crippen LogP contribution in [0.25, 0.3) is 22.0 Å². The van der Waals surface area contributed by atoms with E-state index in [1.807, 2.05) is 0 Å². The summed E-state index contributed by atoms with van der Waals surface area (Å²) >= 11 is 3.15. The van der Waals surface area contributed by atoms with Crippen LogP contribution < -0.4 is 0 Å². The number of hydrogen-bond acceptors (Lipinski definition) is 1. The number of para-hydroxylation sites is 1. The molecule has 8 heteroatoms. The third-order valence-corrected chi connectivity index (χ3v) is 4.51. The molecule has 0 aliphatic rings. The lowest BCUT2D eigenvalue weighted by Crippen LogP contribution is -2.08. The number of fused-ring (bicyclic) bond motifs is 1. The van der Waals surface area contributed by atoms with Crippen molar-refractivity contribution in [2.24, 2.45) is 0 Å². The Morgan fingerprint density at radius 1 is 0.720 bits per heavy atom. The van der Waals surface area contributed by atoms with Crippen molar-refractivity contribution in [3.05, 3.63) is 64.3 Å². The van der Waals surface area contributed by atoms with Gasteiger partial charge in [0.05, 0.1) is 16.6 Å². The van der Waals surface area contributed by atoms with E-state index in [4.69, 9.17) is 0 Å². The fourth-order valence-corrected chi connectivity index (χ4v) is 3.21. The van der Waals surface area contributed by atoms with E-state index in [1.54, 1.807) is 0 Å². The summed E-state index contributed by atoms with van der Waals surface area (Å²) < 4.78 is 79.0. The number of hydrogen-bond donors (Lipinski definition) is 0. The first-order valence-electron chi connectivity index (χ1n) is 6.91. The Kier molecular flexibility index (Phi) is 4.26. The molecule has 2 aromatic carbocycles. The van der Waals surface area contributed by atoms with E-state index in [0.717, 1.165) is 18.3 Å². The highest BCUT2D eigenvalue weighted by Gasteiger charge is 2.35. The van der Waals surface area contributed by atoms with Crippen LogP contribution in [0.5, 0.6) is 0 Å². The van der Waals surface area contributed by atoms with Gasteiger partial charge < -0.3 is 0 Å². The number of nitrogens with zero attached hydrogens (tertiary/aromatic N) is 1. The van der Waals surface area contributed by atoms with Gasteiger partial charge in [-0.05, 0) is 33.6 Å². The Bertz CT molecular complexity index is 946. The topological polar surface area (TPSA) is 12.9 Å². The van der Waals surface area contributed by atoms with Crippen molar-refractivity contribution in [3.63, 3.8) is 0 Å². The Labute approximate surface area is 146 Å². The zero-order chi connectivity index (χ0) is 18.4. The van der Waals surface area contributed by atoms with Gasteiger partial charge in [0.1, 0.15) is 0 Å². The van der Waals surface area contributed by atoms with Crippen LogP contribution in [0.1, 0.15) is 11.1 Å². The number of halogens is 7. The summed E-state index contributed by atoms with van der Waals surface area (Å²) in [4.78, 5) is 3.79. The SMILES string of the molecule is FC(F)(F)c1ccccc1-c1cnc2c(C(F)(F)F)cccc2c1Br. The number of benzene rings is 2. The monoisotopic (exact) mass is 419 g/mol. The van der Waals surface area contributed by atoms with Gasteiger partial charge in [0.15, 0.2) is 0 Å². The normalized spacial score (nSPS) is 12.6. The van der Waals surface area contributed by atoms with E-state index >= 15 is 0 Å². The zero-order valence-electron chi connectivity index (χ0n) is 12.2. The van der Waals surface area contributed by atoms with Gasteiger partial charge in [-0.25, -0.2) is 0 Å². The van der Waals surface area contributed by atoms with Crippen molar-refractivity contribution in [3.8, 4) is 11.1 Å². The van der Waals surface area contributed by atoms with E-state index in [2.05, 4.69) is 20.9 Å². The minimum absolute atomic E-state index is 0.0692. The Hall–Kier alpha value is -2.09. The molecule has 0 bridgehead atoms. The van der Waals surface area contributed by atoms with Gasteiger partial charge >= 0.3 is 12.4 Å². The Morgan fingerprint density at radius 3 is 1.96 bits per heavy atom. The highest BCUT2D eigenvalue weighted by molar-refractivity contribution is 9.10. The first kappa shape index (κ1) is 17.7. The number of rotatable bonds is 1. The molecule has 0 N–H and O–H groups in total. The zero-order valence-corrected chi connectivity index (χ0v) is 13.8. The lowest BCUT2D eigenvalue weighted by Gasteiger charge is -2.16. The molecule has 0 aliphatic carbocycles. The second kappa shape index (κ2) is 6.01. The van der Waals surface area contributed by atoms with Crippen molar-refractivity contribution in [1.29, 1.82) is 0 Å². The minimum Gasteiger partial charge on any atom is -0.255 e. The van der Waals surface area contributed by atoms with Gasteiger partial charge in [0.25, 0.3) is 0 Å². The molecule has 1 heterocycles. The maximum absolute atomic E-state index is 13.2. The average molecular weight is 420 g/mol. The maximum Gasteiger partial charge on any atom is 0.418 e. The molecule has 3 aromatic rings.